The molecule has 0 aliphatic rings. The summed E-state index contributed by atoms with van der Waals surface area (Å²) < 4.78 is 7.52. The number of imidazole rings is 1. The topological polar surface area (TPSA) is 93.5 Å². The molecule has 1 heterocycles. The first-order chi connectivity index (χ1) is 12.9. The van der Waals surface area contributed by atoms with Crippen molar-refractivity contribution < 1.29 is 19.4 Å². The Kier molecular flexibility index (Phi) is 5.12. The first kappa shape index (κ1) is 18.4. The molecule has 2 aromatic carbocycles. The second-order valence-electron chi connectivity index (χ2n) is 6.68. The number of carbonyl (C=O) groups is 2. The number of nitrogens with one attached hydrogen (secondary N) is 1. The van der Waals surface area contributed by atoms with Gasteiger partial charge in [0.15, 0.2) is 0 Å². The van der Waals surface area contributed by atoms with Crippen LogP contribution in [0.1, 0.15) is 19.7 Å². The van der Waals surface area contributed by atoms with Gasteiger partial charge in [-0.15, -0.1) is 0 Å². The van der Waals surface area contributed by atoms with Gasteiger partial charge in [0.05, 0.1) is 11.0 Å². The number of fused-ring (bicyclic) bond motifs is 1. The average Bonchev–Trinajstić information content (AvgIpc) is 2.98. The van der Waals surface area contributed by atoms with Gasteiger partial charge < -0.3 is 19.7 Å². The largest absolute Gasteiger partial charge is 0.486 e. The van der Waals surface area contributed by atoms with E-state index in [2.05, 4.69) is 10.3 Å². The Labute approximate surface area is 156 Å². The molecule has 0 aliphatic carbocycles. The first-order valence-electron chi connectivity index (χ1n) is 8.53. The third kappa shape index (κ3) is 4.25. The molecule has 0 spiro atoms. The van der Waals surface area contributed by atoms with Crippen LogP contribution in [0.4, 0.5) is 0 Å². The summed E-state index contributed by atoms with van der Waals surface area (Å²) in [4.78, 5) is 28.2. The lowest BCUT2D eigenvalue weighted by Gasteiger charge is -2.21. The third-order valence-corrected chi connectivity index (χ3v) is 4.13. The number of carboxylic acids is 1. The van der Waals surface area contributed by atoms with E-state index in [0.29, 0.717) is 11.6 Å². The minimum Gasteiger partial charge on any atom is -0.486 e. The smallest absolute Gasteiger partial charge is 0.328 e. The number of amides is 1. The molecule has 7 heteroatoms. The second-order valence-corrected chi connectivity index (χ2v) is 6.68. The minimum absolute atomic E-state index is 0.0509. The van der Waals surface area contributed by atoms with Crippen LogP contribution < -0.4 is 10.1 Å². The van der Waals surface area contributed by atoms with Crippen LogP contribution >= 0.6 is 0 Å². The van der Waals surface area contributed by atoms with Crippen LogP contribution in [-0.4, -0.2) is 32.1 Å². The highest BCUT2D eigenvalue weighted by Gasteiger charge is 2.29. The molecule has 0 fully saturated rings. The van der Waals surface area contributed by atoms with Crippen LogP contribution in [0, 0.1) is 0 Å². The number of aliphatic carboxylic acids is 1. The summed E-state index contributed by atoms with van der Waals surface area (Å²) in [6.07, 6.45) is 0. The fourth-order valence-corrected chi connectivity index (χ4v) is 2.66. The molecule has 0 saturated heterocycles. The van der Waals surface area contributed by atoms with Gasteiger partial charge in [0.25, 0.3) is 0 Å². The molecule has 140 valence electrons. The van der Waals surface area contributed by atoms with Crippen LogP contribution in [0.15, 0.2) is 54.6 Å². The van der Waals surface area contributed by atoms with Crippen LogP contribution in [0.25, 0.3) is 11.0 Å². The highest BCUT2D eigenvalue weighted by molar-refractivity contribution is 5.87. The van der Waals surface area contributed by atoms with Gasteiger partial charge in [-0.05, 0) is 38.1 Å². The van der Waals surface area contributed by atoms with Crippen molar-refractivity contribution >= 4 is 22.9 Å². The van der Waals surface area contributed by atoms with Crippen LogP contribution in [0.2, 0.25) is 0 Å². The monoisotopic (exact) mass is 367 g/mol. The molecule has 1 aromatic heterocycles. The van der Waals surface area contributed by atoms with Crippen molar-refractivity contribution in [1.82, 2.24) is 14.9 Å². The average molecular weight is 367 g/mol. The van der Waals surface area contributed by atoms with Crippen molar-refractivity contribution in [2.75, 3.05) is 0 Å². The zero-order valence-corrected chi connectivity index (χ0v) is 15.2. The summed E-state index contributed by atoms with van der Waals surface area (Å²) in [5.74, 6) is -0.221. The van der Waals surface area contributed by atoms with Gasteiger partial charge in [0.1, 0.15) is 30.3 Å². The number of carbonyl (C=O) groups excluding carboxylic acids is 1. The summed E-state index contributed by atoms with van der Waals surface area (Å²) in [5.41, 5.74) is 0.177. The van der Waals surface area contributed by atoms with E-state index in [9.17, 15) is 14.7 Å². The number of aromatic nitrogens is 2. The Hall–Kier alpha value is -3.35. The maximum absolute atomic E-state index is 12.4. The van der Waals surface area contributed by atoms with E-state index in [0.717, 1.165) is 11.0 Å². The molecule has 2 N–H and O–H groups in total. The summed E-state index contributed by atoms with van der Waals surface area (Å²) in [6, 6.07) is 16.8. The molecule has 3 aromatic rings. The van der Waals surface area contributed by atoms with Crippen molar-refractivity contribution in [3.63, 3.8) is 0 Å². The maximum Gasteiger partial charge on any atom is 0.328 e. The summed E-state index contributed by atoms with van der Waals surface area (Å²) in [7, 11) is 0. The number of nitrogens with zero attached hydrogens (tertiary/aromatic N) is 2. The van der Waals surface area contributed by atoms with E-state index in [4.69, 9.17) is 4.74 Å². The molecule has 27 heavy (non-hydrogen) atoms. The molecule has 7 nitrogen and oxygen atoms in total. The zero-order valence-electron chi connectivity index (χ0n) is 15.2. The normalized spacial score (nSPS) is 11.3. The predicted octanol–water partition coefficient (Wildman–Crippen LogP) is 2.59. The number of rotatable bonds is 7. The molecular weight excluding hydrogens is 346 g/mol. The van der Waals surface area contributed by atoms with Crippen molar-refractivity contribution in [3.8, 4) is 5.75 Å². The SMILES string of the molecule is CC(C)(NC(=O)Cn1c(COc2ccccc2)nc2ccccc21)C(=O)O. The first-order valence-corrected chi connectivity index (χ1v) is 8.53. The van der Waals surface area contributed by atoms with Gasteiger partial charge in [-0.2, -0.15) is 0 Å². The van der Waals surface area contributed by atoms with E-state index in [1.807, 2.05) is 54.6 Å². The number of hydrogen-bond donors (Lipinski definition) is 2. The van der Waals surface area contributed by atoms with E-state index < -0.39 is 17.4 Å². The summed E-state index contributed by atoms with van der Waals surface area (Å²) in [6.45, 7) is 3.02. The molecule has 0 unspecified atom stereocenters. The molecule has 3 rings (SSSR count). The van der Waals surface area contributed by atoms with E-state index in [-0.39, 0.29) is 13.2 Å². The maximum atomic E-state index is 12.4. The quantitative estimate of drug-likeness (QED) is 0.669. The van der Waals surface area contributed by atoms with Crippen LogP contribution in [0.3, 0.4) is 0 Å². The van der Waals surface area contributed by atoms with Gasteiger partial charge in [-0.25, -0.2) is 9.78 Å². The Morgan fingerprint density at radius 2 is 1.78 bits per heavy atom. The third-order valence-electron chi connectivity index (χ3n) is 4.13. The lowest BCUT2D eigenvalue weighted by atomic mass is 10.1. The van der Waals surface area contributed by atoms with Crippen LogP contribution in [-0.2, 0) is 22.7 Å². The van der Waals surface area contributed by atoms with Crippen molar-refractivity contribution in [3.05, 3.63) is 60.4 Å². The fraction of sp³-hybridized carbons (Fsp3) is 0.250. The number of ether oxygens (including phenoxy) is 1. The number of benzene rings is 2. The fourth-order valence-electron chi connectivity index (χ4n) is 2.66. The van der Waals surface area contributed by atoms with Gasteiger partial charge in [0, 0.05) is 0 Å². The highest BCUT2D eigenvalue weighted by Crippen LogP contribution is 2.18. The summed E-state index contributed by atoms with van der Waals surface area (Å²) >= 11 is 0. The Morgan fingerprint density at radius 3 is 2.48 bits per heavy atom. The second kappa shape index (κ2) is 7.49. The lowest BCUT2D eigenvalue weighted by molar-refractivity contribution is -0.146. The van der Waals surface area contributed by atoms with Crippen LogP contribution in [0.5, 0.6) is 5.75 Å². The van der Waals surface area contributed by atoms with Gasteiger partial charge >= 0.3 is 5.97 Å². The molecule has 1 amide bonds. The molecule has 0 aliphatic heterocycles. The van der Waals surface area contributed by atoms with E-state index in [1.165, 1.54) is 13.8 Å². The number of hydrogen-bond acceptors (Lipinski definition) is 4. The molecular formula is C20H21N3O4. The molecule has 0 atom stereocenters. The standard InChI is InChI=1S/C20H21N3O4/c1-20(2,19(25)26)22-18(24)12-23-16-11-7-6-10-15(16)21-17(23)13-27-14-8-4-3-5-9-14/h3-11H,12-13H2,1-2H3,(H,22,24)(H,25,26). The highest BCUT2D eigenvalue weighted by atomic mass is 16.5. The molecule has 0 bridgehead atoms. The minimum atomic E-state index is -1.35. The van der Waals surface area contributed by atoms with Crippen molar-refractivity contribution in [2.45, 2.75) is 32.5 Å². The molecule has 0 radical (unpaired) electrons. The van der Waals surface area contributed by atoms with Gasteiger partial charge in [-0.3, -0.25) is 4.79 Å². The Morgan fingerprint density at radius 1 is 1.11 bits per heavy atom. The Bertz CT molecular complexity index is 964. The van der Waals surface area contributed by atoms with Crippen molar-refractivity contribution in [1.29, 1.82) is 0 Å². The van der Waals surface area contributed by atoms with Gasteiger partial charge in [-0.1, -0.05) is 30.3 Å². The van der Waals surface area contributed by atoms with E-state index >= 15 is 0 Å². The molecule has 0 saturated carbocycles. The number of para-hydroxylation sites is 3. The predicted molar refractivity (Wildman–Crippen MR) is 100 cm³/mol. The summed E-state index contributed by atoms with van der Waals surface area (Å²) in [5, 5.41) is 11.7. The zero-order chi connectivity index (χ0) is 19.4. The Balaban J connectivity index is 1.84. The number of carboxylic acid groups (broad SMARTS) is 1. The lowest BCUT2D eigenvalue weighted by Crippen LogP contribution is -2.50. The van der Waals surface area contributed by atoms with Gasteiger partial charge in [0.2, 0.25) is 5.91 Å². The van der Waals surface area contributed by atoms with E-state index in [1.54, 1.807) is 4.57 Å². The van der Waals surface area contributed by atoms with Crippen molar-refractivity contribution in [2.24, 2.45) is 0 Å².